The van der Waals surface area contributed by atoms with Gasteiger partial charge in [0.05, 0.1) is 18.7 Å². The number of fused-ring (bicyclic) bond motifs is 2. The van der Waals surface area contributed by atoms with E-state index in [1.165, 1.54) is 7.11 Å². The van der Waals surface area contributed by atoms with Crippen molar-refractivity contribution in [3.05, 3.63) is 106 Å². The van der Waals surface area contributed by atoms with Crippen LogP contribution < -0.4 is 20.8 Å². The molecule has 0 bridgehead atoms. The van der Waals surface area contributed by atoms with E-state index in [0.717, 1.165) is 5.56 Å². The molecular formula is C32H25BCl2N2O5. The maximum atomic E-state index is 14.3. The molecule has 3 aromatic rings. The van der Waals surface area contributed by atoms with Crippen LogP contribution in [0.5, 0.6) is 11.5 Å². The van der Waals surface area contributed by atoms with Crippen LogP contribution >= 0.6 is 23.2 Å². The molecule has 3 aliphatic rings. The summed E-state index contributed by atoms with van der Waals surface area (Å²) in [6.07, 6.45) is 6.30. The molecule has 2 N–H and O–H groups in total. The van der Waals surface area contributed by atoms with Crippen LogP contribution in [0.4, 0.5) is 5.69 Å². The zero-order chi connectivity index (χ0) is 29.6. The number of hydrogen-bond acceptors (Lipinski definition) is 5. The van der Waals surface area contributed by atoms with Crippen molar-refractivity contribution in [2.45, 2.75) is 24.3 Å². The largest absolute Gasteiger partial charge is 0.465 e. The fraction of sp³-hybridized carbons (Fsp3) is 0.219. The summed E-state index contributed by atoms with van der Waals surface area (Å²) in [5.74, 6) is -0.745. The first kappa shape index (κ1) is 28.1. The maximum absolute atomic E-state index is 14.3. The summed E-state index contributed by atoms with van der Waals surface area (Å²) < 4.78 is 11.1. The number of carbonyl (C=O) groups excluding carboxylic acids is 3. The van der Waals surface area contributed by atoms with Gasteiger partial charge in [-0.15, -0.1) is 0 Å². The lowest BCUT2D eigenvalue weighted by Crippen LogP contribution is -2.59. The van der Waals surface area contributed by atoms with Crippen LogP contribution in [0.2, 0.25) is 5.02 Å². The average molecular weight is 599 g/mol. The molecule has 6 rings (SSSR count). The standard InChI is InChI=1S/C32H25BCl2N2O5/c1-41-30(39)17-5-9-22(10-6-17)42-27-12-7-19(33)14-23(27)29-32(24-11-8-21(35)15-26(24)36-31(32)40)25(16-28(38)37-29)18-3-2-4-20(34)13-18/h2-12,14-15,18,25,29H,13,16H2,1H3,(H,36,40)(H,37,38)/t18-,25?,29-,32+/m1/s1. The summed E-state index contributed by atoms with van der Waals surface area (Å²) in [4.78, 5) is 39.7. The fourth-order valence-electron chi connectivity index (χ4n) is 6.43. The Hall–Kier alpha value is -4.01. The molecule has 0 saturated carbocycles. The molecule has 1 saturated heterocycles. The molecule has 2 amide bonds. The van der Waals surface area contributed by atoms with E-state index >= 15 is 0 Å². The number of carbonyl (C=O) groups is 3. The van der Waals surface area contributed by atoms with Crippen molar-refractivity contribution in [2.75, 3.05) is 12.4 Å². The number of methoxy groups -OCH3 is 1. The lowest BCUT2D eigenvalue weighted by Gasteiger charge is -2.49. The number of hydrogen-bond donors (Lipinski definition) is 2. The minimum absolute atomic E-state index is 0.110. The number of rotatable bonds is 5. The quantitative estimate of drug-likeness (QED) is 0.300. The predicted molar refractivity (Wildman–Crippen MR) is 162 cm³/mol. The zero-order valence-electron chi connectivity index (χ0n) is 22.5. The summed E-state index contributed by atoms with van der Waals surface area (Å²) in [6.45, 7) is 0. The molecule has 0 aromatic heterocycles. The van der Waals surface area contributed by atoms with Crippen LogP contribution in [0.1, 0.15) is 40.4 Å². The molecule has 7 nitrogen and oxygen atoms in total. The Labute approximate surface area is 254 Å². The summed E-state index contributed by atoms with van der Waals surface area (Å²) in [7, 11) is 7.60. The first-order chi connectivity index (χ1) is 20.2. The van der Waals surface area contributed by atoms with E-state index in [1.807, 2.05) is 24.3 Å². The molecule has 4 atom stereocenters. The lowest BCUT2D eigenvalue weighted by atomic mass is 9.56. The Morgan fingerprint density at radius 3 is 2.55 bits per heavy atom. The number of allylic oxidation sites excluding steroid dienone is 4. The maximum Gasteiger partial charge on any atom is 0.337 e. The van der Waals surface area contributed by atoms with Crippen molar-refractivity contribution < 1.29 is 23.9 Å². The van der Waals surface area contributed by atoms with Gasteiger partial charge in [-0.2, -0.15) is 0 Å². The van der Waals surface area contributed by atoms with Crippen molar-refractivity contribution in [3.63, 3.8) is 0 Å². The molecule has 42 heavy (non-hydrogen) atoms. The molecular weight excluding hydrogens is 574 g/mol. The van der Waals surface area contributed by atoms with Crippen molar-refractivity contribution in [1.29, 1.82) is 0 Å². The Balaban J connectivity index is 1.51. The van der Waals surface area contributed by atoms with E-state index in [4.69, 9.17) is 40.5 Å². The van der Waals surface area contributed by atoms with Crippen LogP contribution in [0.25, 0.3) is 0 Å². The van der Waals surface area contributed by atoms with Gasteiger partial charge in [0.2, 0.25) is 11.8 Å². The van der Waals surface area contributed by atoms with Crippen molar-refractivity contribution in [3.8, 4) is 11.5 Å². The summed E-state index contributed by atoms with van der Waals surface area (Å²) in [6, 6.07) is 16.0. The van der Waals surface area contributed by atoms with Gasteiger partial charge in [0.25, 0.3) is 0 Å². The first-order valence-electron chi connectivity index (χ1n) is 13.4. The summed E-state index contributed by atoms with van der Waals surface area (Å²) in [5, 5.41) is 7.28. The van der Waals surface area contributed by atoms with E-state index in [2.05, 4.69) is 10.6 Å². The highest BCUT2D eigenvalue weighted by Gasteiger charge is 2.62. The first-order valence-corrected chi connectivity index (χ1v) is 14.2. The number of amides is 2. The third kappa shape index (κ3) is 4.78. The smallest absolute Gasteiger partial charge is 0.337 e. The van der Waals surface area contributed by atoms with Gasteiger partial charge < -0.3 is 20.1 Å². The number of benzene rings is 3. The van der Waals surface area contributed by atoms with Gasteiger partial charge in [-0.3, -0.25) is 9.59 Å². The Morgan fingerprint density at radius 2 is 1.81 bits per heavy atom. The van der Waals surface area contributed by atoms with Gasteiger partial charge in [0, 0.05) is 27.7 Å². The van der Waals surface area contributed by atoms with Gasteiger partial charge >= 0.3 is 5.97 Å². The van der Waals surface area contributed by atoms with Crippen LogP contribution in [0.15, 0.2) is 83.9 Å². The van der Waals surface area contributed by atoms with Gasteiger partial charge in [-0.05, 0) is 72.4 Å². The molecule has 1 fully saturated rings. The molecule has 3 aromatic carbocycles. The van der Waals surface area contributed by atoms with E-state index in [0.29, 0.717) is 50.3 Å². The average Bonchev–Trinajstić information content (AvgIpc) is 3.25. The van der Waals surface area contributed by atoms with Gasteiger partial charge in [-0.25, -0.2) is 4.79 Å². The summed E-state index contributed by atoms with van der Waals surface area (Å²) in [5.41, 5.74) is 1.41. The molecule has 210 valence electrons. The Kier molecular flexibility index (Phi) is 7.37. The molecule has 10 heteroatoms. The van der Waals surface area contributed by atoms with Gasteiger partial charge in [0.15, 0.2) is 0 Å². The van der Waals surface area contributed by atoms with Gasteiger partial charge in [0.1, 0.15) is 24.8 Å². The topological polar surface area (TPSA) is 93.7 Å². The van der Waals surface area contributed by atoms with Crippen LogP contribution in [-0.2, 0) is 19.7 Å². The number of nitrogens with one attached hydrogen (secondary N) is 2. The van der Waals surface area contributed by atoms with E-state index in [1.54, 1.807) is 54.6 Å². The fourth-order valence-corrected chi connectivity index (χ4v) is 6.86. The normalized spacial score (nSPS) is 24.5. The van der Waals surface area contributed by atoms with Crippen LogP contribution in [-0.4, -0.2) is 32.7 Å². The zero-order valence-corrected chi connectivity index (χ0v) is 24.0. The molecule has 2 radical (unpaired) electrons. The molecule has 1 spiro atoms. The monoisotopic (exact) mass is 598 g/mol. The molecule has 2 heterocycles. The van der Waals surface area contributed by atoms with E-state index in [-0.39, 0.29) is 24.2 Å². The number of piperidine rings is 1. The highest BCUT2D eigenvalue weighted by atomic mass is 35.5. The van der Waals surface area contributed by atoms with Crippen molar-refractivity contribution in [2.24, 2.45) is 11.8 Å². The predicted octanol–water partition coefficient (Wildman–Crippen LogP) is 5.48. The lowest BCUT2D eigenvalue weighted by molar-refractivity contribution is -0.135. The SMILES string of the molecule is [B]c1ccc(Oc2ccc(C(=O)OC)cc2)c([C@H]2NC(=O)CC([C@@H]3C=CC=C(Cl)C3)[C@]23C(=O)Nc2cc(Cl)ccc23)c1. The van der Waals surface area contributed by atoms with Crippen LogP contribution in [0, 0.1) is 11.8 Å². The Bertz CT molecular complexity index is 1670. The van der Waals surface area contributed by atoms with Crippen molar-refractivity contribution >= 4 is 60.0 Å². The minimum atomic E-state index is -1.24. The number of ether oxygens (including phenoxy) is 2. The highest BCUT2D eigenvalue weighted by Crippen LogP contribution is 2.58. The highest BCUT2D eigenvalue weighted by molar-refractivity contribution is 6.32. The second kappa shape index (κ2) is 11.0. The number of esters is 1. The molecule has 1 aliphatic carbocycles. The molecule has 2 aliphatic heterocycles. The third-order valence-corrected chi connectivity index (χ3v) is 8.75. The van der Waals surface area contributed by atoms with E-state index in [9.17, 15) is 14.4 Å². The van der Waals surface area contributed by atoms with Gasteiger partial charge in [-0.1, -0.05) is 59.0 Å². The number of anilines is 1. The van der Waals surface area contributed by atoms with Crippen LogP contribution in [0.3, 0.4) is 0 Å². The van der Waals surface area contributed by atoms with Crippen molar-refractivity contribution in [1.82, 2.24) is 5.32 Å². The minimum Gasteiger partial charge on any atom is -0.465 e. The number of halogens is 2. The summed E-state index contributed by atoms with van der Waals surface area (Å²) >= 11 is 12.8. The third-order valence-electron chi connectivity index (χ3n) is 8.23. The molecule has 1 unspecified atom stereocenters. The second-order valence-corrected chi connectivity index (χ2v) is 11.5. The second-order valence-electron chi connectivity index (χ2n) is 10.6. The Morgan fingerprint density at radius 1 is 1.02 bits per heavy atom. The van der Waals surface area contributed by atoms with E-state index < -0.39 is 23.3 Å².